The molecule has 23 heavy (non-hydrogen) atoms. The third-order valence-corrected chi connectivity index (χ3v) is 4.70. The van der Waals surface area contributed by atoms with E-state index in [4.69, 9.17) is 4.74 Å². The van der Waals surface area contributed by atoms with Crippen LogP contribution in [0, 0.1) is 6.92 Å². The van der Waals surface area contributed by atoms with E-state index in [0.717, 1.165) is 39.0 Å². The summed E-state index contributed by atoms with van der Waals surface area (Å²) in [6.07, 6.45) is 2.18. The van der Waals surface area contributed by atoms with Crippen molar-refractivity contribution in [1.82, 2.24) is 9.80 Å². The molecule has 0 spiro atoms. The summed E-state index contributed by atoms with van der Waals surface area (Å²) < 4.78 is 5.30. The third-order valence-electron chi connectivity index (χ3n) is 4.70. The molecule has 0 saturated carbocycles. The van der Waals surface area contributed by atoms with Gasteiger partial charge in [0, 0.05) is 37.9 Å². The largest absolute Gasteiger partial charge is 0.382 e. The Kier molecular flexibility index (Phi) is 5.51. The van der Waals surface area contributed by atoms with Crippen LogP contribution in [0.5, 0.6) is 0 Å². The Morgan fingerprint density at radius 3 is 2.65 bits per heavy atom. The van der Waals surface area contributed by atoms with Gasteiger partial charge in [-0.1, -0.05) is 12.1 Å². The van der Waals surface area contributed by atoms with Gasteiger partial charge < -0.3 is 15.0 Å². The molecule has 0 aliphatic carbocycles. The Hall–Kier alpha value is -1.59. The number of carbonyl (C=O) groups is 1. The highest BCUT2D eigenvalue weighted by Gasteiger charge is 2.23. The Balaban J connectivity index is 1.42. The van der Waals surface area contributed by atoms with Crippen molar-refractivity contribution in [2.45, 2.75) is 25.8 Å². The number of likely N-dealkylation sites (tertiary alicyclic amines) is 1. The Morgan fingerprint density at radius 2 is 1.96 bits per heavy atom. The summed E-state index contributed by atoms with van der Waals surface area (Å²) in [7, 11) is 0. The molecule has 2 aliphatic heterocycles. The van der Waals surface area contributed by atoms with Crippen molar-refractivity contribution in [3.05, 3.63) is 29.8 Å². The Bertz CT molecular complexity index is 521. The minimum absolute atomic E-state index is 0.249. The van der Waals surface area contributed by atoms with Crippen molar-refractivity contribution in [3.63, 3.8) is 0 Å². The molecule has 2 fully saturated rings. The van der Waals surface area contributed by atoms with Gasteiger partial charge in [-0.25, -0.2) is 0 Å². The van der Waals surface area contributed by atoms with Crippen molar-refractivity contribution in [2.24, 2.45) is 0 Å². The maximum Gasteiger partial charge on any atom is 0.236 e. The van der Waals surface area contributed by atoms with E-state index in [9.17, 15) is 4.79 Å². The standard InChI is InChI=1S/C18H27N3O2/c1-15-3-2-4-17(13-15)19-16-5-7-20(8-6-16)14-18(22)21-9-11-23-12-10-21/h2-4,13,16,19H,5-12,14H2,1H3. The average molecular weight is 317 g/mol. The summed E-state index contributed by atoms with van der Waals surface area (Å²) in [6, 6.07) is 9.03. The molecule has 2 saturated heterocycles. The number of amides is 1. The molecule has 126 valence electrons. The van der Waals surface area contributed by atoms with Crippen LogP contribution in [-0.2, 0) is 9.53 Å². The first kappa shape index (κ1) is 16.3. The van der Waals surface area contributed by atoms with Crippen molar-refractivity contribution >= 4 is 11.6 Å². The highest BCUT2D eigenvalue weighted by molar-refractivity contribution is 5.78. The molecule has 0 unspecified atom stereocenters. The summed E-state index contributed by atoms with van der Waals surface area (Å²) >= 11 is 0. The topological polar surface area (TPSA) is 44.8 Å². The number of rotatable bonds is 4. The molecule has 0 aromatic heterocycles. The van der Waals surface area contributed by atoms with E-state index in [1.807, 2.05) is 4.90 Å². The smallest absolute Gasteiger partial charge is 0.236 e. The molecule has 1 aromatic rings. The van der Waals surface area contributed by atoms with E-state index in [1.165, 1.54) is 11.3 Å². The lowest BCUT2D eigenvalue weighted by Gasteiger charge is -2.34. The summed E-state index contributed by atoms with van der Waals surface area (Å²) in [5.74, 6) is 0.249. The van der Waals surface area contributed by atoms with Crippen LogP contribution in [-0.4, -0.2) is 67.7 Å². The average Bonchev–Trinajstić information content (AvgIpc) is 2.57. The SMILES string of the molecule is Cc1cccc(NC2CCN(CC(=O)N3CCOCC3)CC2)c1. The monoisotopic (exact) mass is 317 g/mol. The van der Waals surface area contributed by atoms with E-state index in [2.05, 4.69) is 41.4 Å². The predicted molar refractivity (Wildman–Crippen MR) is 91.7 cm³/mol. The Morgan fingerprint density at radius 1 is 1.22 bits per heavy atom. The van der Waals surface area contributed by atoms with Gasteiger partial charge in [-0.3, -0.25) is 9.69 Å². The maximum atomic E-state index is 12.3. The van der Waals surface area contributed by atoms with Crippen LogP contribution < -0.4 is 5.32 Å². The number of carbonyl (C=O) groups excluding carboxylic acids is 1. The van der Waals surface area contributed by atoms with Gasteiger partial charge in [0.15, 0.2) is 0 Å². The number of nitrogens with zero attached hydrogens (tertiary/aromatic N) is 2. The van der Waals surface area contributed by atoms with E-state index < -0.39 is 0 Å². The predicted octanol–water partition coefficient (Wildman–Crippen LogP) is 1.73. The molecular formula is C18H27N3O2. The Labute approximate surface area is 138 Å². The van der Waals surface area contributed by atoms with Crippen LogP contribution >= 0.6 is 0 Å². The number of piperidine rings is 1. The molecule has 2 aliphatic rings. The molecule has 0 bridgehead atoms. The van der Waals surface area contributed by atoms with E-state index in [-0.39, 0.29) is 5.91 Å². The van der Waals surface area contributed by atoms with E-state index >= 15 is 0 Å². The lowest BCUT2D eigenvalue weighted by molar-refractivity contribution is -0.136. The summed E-state index contributed by atoms with van der Waals surface area (Å²) in [4.78, 5) is 16.5. The first-order chi connectivity index (χ1) is 11.2. The highest BCUT2D eigenvalue weighted by Crippen LogP contribution is 2.17. The molecule has 2 heterocycles. The van der Waals surface area contributed by atoms with Gasteiger partial charge in [-0.15, -0.1) is 0 Å². The quantitative estimate of drug-likeness (QED) is 0.918. The van der Waals surface area contributed by atoms with Crippen LogP contribution in [0.2, 0.25) is 0 Å². The summed E-state index contributed by atoms with van der Waals surface area (Å²) in [5.41, 5.74) is 2.48. The number of hydrogen-bond donors (Lipinski definition) is 1. The number of aryl methyl sites for hydroxylation is 1. The number of hydrogen-bond acceptors (Lipinski definition) is 4. The zero-order chi connectivity index (χ0) is 16.1. The zero-order valence-electron chi connectivity index (χ0n) is 14.0. The minimum atomic E-state index is 0.249. The van der Waals surface area contributed by atoms with Crippen LogP contribution in [0.4, 0.5) is 5.69 Å². The molecule has 0 atom stereocenters. The van der Waals surface area contributed by atoms with Gasteiger partial charge >= 0.3 is 0 Å². The second-order valence-corrected chi connectivity index (χ2v) is 6.56. The normalized spacial score (nSPS) is 20.5. The first-order valence-corrected chi connectivity index (χ1v) is 8.62. The van der Waals surface area contributed by atoms with Gasteiger partial charge in [-0.2, -0.15) is 0 Å². The second kappa shape index (κ2) is 7.79. The van der Waals surface area contributed by atoms with Crippen LogP contribution in [0.1, 0.15) is 18.4 Å². The fourth-order valence-corrected chi connectivity index (χ4v) is 3.31. The number of morpholine rings is 1. The molecule has 1 aromatic carbocycles. The summed E-state index contributed by atoms with van der Waals surface area (Å²) in [6.45, 7) is 7.47. The number of ether oxygens (including phenoxy) is 1. The lowest BCUT2D eigenvalue weighted by atomic mass is 10.0. The van der Waals surface area contributed by atoms with Gasteiger partial charge in [0.1, 0.15) is 0 Å². The number of nitrogens with one attached hydrogen (secondary N) is 1. The van der Waals surface area contributed by atoms with Crippen molar-refractivity contribution < 1.29 is 9.53 Å². The molecule has 0 radical (unpaired) electrons. The zero-order valence-corrected chi connectivity index (χ0v) is 14.0. The van der Waals surface area contributed by atoms with Gasteiger partial charge in [-0.05, 0) is 37.5 Å². The van der Waals surface area contributed by atoms with Gasteiger partial charge in [0.25, 0.3) is 0 Å². The first-order valence-electron chi connectivity index (χ1n) is 8.62. The number of anilines is 1. The minimum Gasteiger partial charge on any atom is -0.382 e. The third kappa shape index (κ3) is 4.69. The maximum absolute atomic E-state index is 12.3. The molecule has 3 rings (SSSR count). The van der Waals surface area contributed by atoms with Crippen molar-refractivity contribution in [3.8, 4) is 0 Å². The fourth-order valence-electron chi connectivity index (χ4n) is 3.31. The summed E-state index contributed by atoms with van der Waals surface area (Å²) in [5, 5.41) is 3.62. The van der Waals surface area contributed by atoms with Crippen LogP contribution in [0.25, 0.3) is 0 Å². The van der Waals surface area contributed by atoms with Crippen molar-refractivity contribution in [2.75, 3.05) is 51.3 Å². The van der Waals surface area contributed by atoms with Crippen molar-refractivity contribution in [1.29, 1.82) is 0 Å². The van der Waals surface area contributed by atoms with Gasteiger partial charge in [0.2, 0.25) is 5.91 Å². The second-order valence-electron chi connectivity index (χ2n) is 6.56. The molecule has 5 nitrogen and oxygen atoms in total. The highest BCUT2D eigenvalue weighted by atomic mass is 16.5. The fraction of sp³-hybridized carbons (Fsp3) is 0.611. The van der Waals surface area contributed by atoms with Gasteiger partial charge in [0.05, 0.1) is 19.8 Å². The molecule has 1 amide bonds. The van der Waals surface area contributed by atoms with E-state index in [0.29, 0.717) is 25.8 Å². The van der Waals surface area contributed by atoms with Crippen LogP contribution in [0.3, 0.4) is 0 Å². The lowest BCUT2D eigenvalue weighted by Crippen LogP contribution is -2.48. The molecule has 5 heteroatoms. The van der Waals surface area contributed by atoms with E-state index in [1.54, 1.807) is 0 Å². The molecular weight excluding hydrogens is 290 g/mol. The van der Waals surface area contributed by atoms with Crippen LogP contribution in [0.15, 0.2) is 24.3 Å². The number of benzene rings is 1. The molecule has 1 N–H and O–H groups in total.